The molecule has 0 atom stereocenters. The molecule has 0 aliphatic heterocycles. The Hall–Kier alpha value is -2.24. The predicted molar refractivity (Wildman–Crippen MR) is 122 cm³/mol. The summed E-state index contributed by atoms with van der Waals surface area (Å²) >= 11 is 7.80. The lowest BCUT2D eigenvalue weighted by atomic mass is 10.2. The van der Waals surface area contributed by atoms with Crippen molar-refractivity contribution in [1.29, 1.82) is 0 Å². The number of thiophene rings is 1. The fourth-order valence-corrected chi connectivity index (χ4v) is 4.51. The van der Waals surface area contributed by atoms with Crippen molar-refractivity contribution in [3.63, 3.8) is 0 Å². The van der Waals surface area contributed by atoms with Crippen LogP contribution in [0.25, 0.3) is 10.1 Å². The van der Waals surface area contributed by atoms with Gasteiger partial charge in [0, 0.05) is 21.8 Å². The highest BCUT2D eigenvalue weighted by Crippen LogP contribution is 2.37. The van der Waals surface area contributed by atoms with Gasteiger partial charge in [-0.1, -0.05) is 50.3 Å². The van der Waals surface area contributed by atoms with Crippen LogP contribution < -0.4 is 14.8 Å². The predicted octanol–water partition coefficient (Wildman–Crippen LogP) is 7.16. The summed E-state index contributed by atoms with van der Waals surface area (Å²) in [6.45, 7) is 2.89. The average Bonchev–Trinajstić information content (AvgIpc) is 3.07. The molecule has 3 rings (SSSR count). The van der Waals surface area contributed by atoms with E-state index >= 15 is 0 Å². The van der Waals surface area contributed by atoms with Crippen LogP contribution in [0.4, 0.5) is 5.69 Å². The maximum atomic E-state index is 12.8. The van der Waals surface area contributed by atoms with E-state index in [0.29, 0.717) is 22.2 Å². The Morgan fingerprint density at radius 1 is 1.07 bits per heavy atom. The summed E-state index contributed by atoms with van der Waals surface area (Å²) in [6.07, 6.45) is 5.98. The Morgan fingerprint density at radius 2 is 1.90 bits per heavy atom. The van der Waals surface area contributed by atoms with E-state index in [9.17, 15) is 4.79 Å². The lowest BCUT2D eigenvalue weighted by molar-refractivity contribution is 0.103. The third-order valence-electron chi connectivity index (χ3n) is 4.65. The quantitative estimate of drug-likeness (QED) is 0.346. The maximum Gasteiger partial charge on any atom is 0.267 e. The summed E-state index contributed by atoms with van der Waals surface area (Å²) in [5.74, 6) is 1.26. The lowest BCUT2D eigenvalue weighted by Crippen LogP contribution is -2.10. The summed E-state index contributed by atoms with van der Waals surface area (Å²) < 4.78 is 12.0. The van der Waals surface area contributed by atoms with Crippen LogP contribution in [-0.2, 0) is 0 Å². The van der Waals surface area contributed by atoms with E-state index in [4.69, 9.17) is 21.1 Å². The third kappa shape index (κ3) is 5.64. The molecule has 0 saturated heterocycles. The lowest BCUT2D eigenvalue weighted by Gasteiger charge is -2.09. The first-order valence-electron chi connectivity index (χ1n) is 9.92. The number of ether oxygens (including phenoxy) is 2. The summed E-state index contributed by atoms with van der Waals surface area (Å²) in [5.41, 5.74) is 0.685. The van der Waals surface area contributed by atoms with Crippen LogP contribution in [0.2, 0.25) is 5.02 Å². The van der Waals surface area contributed by atoms with Crippen molar-refractivity contribution in [2.24, 2.45) is 0 Å². The molecular weight excluding hydrogens is 406 g/mol. The summed E-state index contributed by atoms with van der Waals surface area (Å²) in [7, 11) is 1.62. The summed E-state index contributed by atoms with van der Waals surface area (Å²) in [5, 5.41) is 4.24. The van der Waals surface area contributed by atoms with E-state index in [1.54, 1.807) is 7.11 Å². The smallest absolute Gasteiger partial charge is 0.267 e. The van der Waals surface area contributed by atoms with E-state index in [2.05, 4.69) is 12.2 Å². The number of anilines is 1. The second-order valence-corrected chi connectivity index (χ2v) is 8.28. The molecular formula is C23H26ClNO3S. The van der Waals surface area contributed by atoms with Crippen molar-refractivity contribution in [3.8, 4) is 11.5 Å². The zero-order valence-corrected chi connectivity index (χ0v) is 18.4. The van der Waals surface area contributed by atoms with Crippen LogP contribution in [0.5, 0.6) is 11.5 Å². The molecule has 154 valence electrons. The van der Waals surface area contributed by atoms with E-state index < -0.39 is 0 Å². The van der Waals surface area contributed by atoms with Gasteiger partial charge in [-0.05, 0) is 36.8 Å². The highest BCUT2D eigenvalue weighted by Gasteiger charge is 2.18. The molecule has 0 aliphatic rings. The molecule has 0 radical (unpaired) electrons. The molecule has 0 bridgehead atoms. The minimum atomic E-state index is -0.230. The summed E-state index contributed by atoms with van der Waals surface area (Å²) in [6, 6.07) is 13.1. The fourth-order valence-electron chi connectivity index (χ4n) is 3.07. The minimum absolute atomic E-state index is 0.230. The van der Waals surface area contributed by atoms with Gasteiger partial charge in [-0.3, -0.25) is 4.79 Å². The van der Waals surface area contributed by atoms with Crippen LogP contribution in [0.1, 0.15) is 48.7 Å². The first-order chi connectivity index (χ1) is 14.1. The van der Waals surface area contributed by atoms with Gasteiger partial charge >= 0.3 is 0 Å². The van der Waals surface area contributed by atoms with Crippen molar-refractivity contribution < 1.29 is 14.3 Å². The number of unbranched alkanes of at least 4 members (excludes halogenated alkanes) is 4. The van der Waals surface area contributed by atoms with Crippen LogP contribution in [-0.4, -0.2) is 19.6 Å². The molecule has 1 amide bonds. The van der Waals surface area contributed by atoms with Gasteiger partial charge in [0.15, 0.2) is 0 Å². The van der Waals surface area contributed by atoms with Crippen LogP contribution in [0.3, 0.4) is 0 Å². The first-order valence-corrected chi connectivity index (χ1v) is 11.1. The van der Waals surface area contributed by atoms with Crippen LogP contribution in [0.15, 0.2) is 42.5 Å². The molecule has 0 spiro atoms. The zero-order valence-electron chi connectivity index (χ0n) is 16.8. The largest absolute Gasteiger partial charge is 0.497 e. The van der Waals surface area contributed by atoms with Gasteiger partial charge in [0.2, 0.25) is 0 Å². The number of hydrogen-bond acceptors (Lipinski definition) is 4. The van der Waals surface area contributed by atoms with Gasteiger partial charge in [-0.15, -0.1) is 11.3 Å². The molecule has 0 unspecified atom stereocenters. The Balaban J connectivity index is 1.63. The highest BCUT2D eigenvalue weighted by molar-refractivity contribution is 7.21. The minimum Gasteiger partial charge on any atom is -0.497 e. The molecule has 3 aromatic rings. The van der Waals surface area contributed by atoms with Crippen LogP contribution >= 0.6 is 22.9 Å². The molecule has 0 fully saturated rings. The van der Waals surface area contributed by atoms with E-state index in [1.165, 1.54) is 37.0 Å². The van der Waals surface area contributed by atoms with E-state index in [0.717, 1.165) is 28.0 Å². The number of amides is 1. The van der Waals surface area contributed by atoms with Crippen LogP contribution in [0, 0.1) is 0 Å². The average molecular weight is 432 g/mol. The standard InChI is InChI=1S/C23H26ClNO3S/c1-3-4-5-6-7-13-28-18-10-8-9-16(14-18)25-23(26)22-21(24)19-12-11-17(27-2)15-20(19)29-22/h8-12,14-15H,3-7,13H2,1-2H3,(H,25,26). The maximum absolute atomic E-state index is 12.8. The number of fused-ring (bicyclic) bond motifs is 1. The second kappa shape index (κ2) is 10.5. The van der Waals surface area contributed by atoms with Crippen molar-refractivity contribution in [3.05, 3.63) is 52.4 Å². The van der Waals surface area contributed by atoms with Gasteiger partial charge in [-0.25, -0.2) is 0 Å². The van der Waals surface area contributed by atoms with Crippen molar-refractivity contribution in [1.82, 2.24) is 0 Å². The Kier molecular flexibility index (Phi) is 7.78. The Bertz CT molecular complexity index is 970. The normalized spacial score (nSPS) is 10.9. The number of halogens is 1. The number of carbonyl (C=O) groups is 1. The fraction of sp³-hybridized carbons (Fsp3) is 0.348. The summed E-state index contributed by atoms with van der Waals surface area (Å²) in [4.78, 5) is 13.3. The zero-order chi connectivity index (χ0) is 20.6. The number of benzene rings is 2. The van der Waals surface area contributed by atoms with E-state index in [-0.39, 0.29) is 5.91 Å². The molecule has 2 aromatic carbocycles. The molecule has 6 heteroatoms. The van der Waals surface area contributed by atoms with Gasteiger partial charge in [0.1, 0.15) is 16.4 Å². The topological polar surface area (TPSA) is 47.6 Å². The second-order valence-electron chi connectivity index (χ2n) is 6.85. The molecule has 0 saturated carbocycles. The molecule has 1 heterocycles. The molecule has 4 nitrogen and oxygen atoms in total. The monoisotopic (exact) mass is 431 g/mol. The van der Waals surface area contributed by atoms with E-state index in [1.807, 2.05) is 42.5 Å². The molecule has 1 aromatic heterocycles. The highest BCUT2D eigenvalue weighted by atomic mass is 35.5. The SMILES string of the molecule is CCCCCCCOc1cccc(NC(=O)c2sc3cc(OC)ccc3c2Cl)c1. The van der Waals surface area contributed by atoms with Gasteiger partial charge < -0.3 is 14.8 Å². The van der Waals surface area contributed by atoms with Crippen molar-refractivity contribution in [2.75, 3.05) is 19.0 Å². The van der Waals surface area contributed by atoms with Gasteiger partial charge in [0.05, 0.1) is 18.7 Å². The number of methoxy groups -OCH3 is 1. The number of hydrogen-bond donors (Lipinski definition) is 1. The van der Waals surface area contributed by atoms with Gasteiger partial charge in [-0.2, -0.15) is 0 Å². The first kappa shape index (κ1) is 21.5. The molecule has 29 heavy (non-hydrogen) atoms. The van der Waals surface area contributed by atoms with Crippen molar-refractivity contribution in [2.45, 2.75) is 39.0 Å². The number of rotatable bonds is 10. The Morgan fingerprint density at radius 3 is 2.69 bits per heavy atom. The van der Waals surface area contributed by atoms with Crippen molar-refractivity contribution >= 4 is 44.6 Å². The number of carbonyl (C=O) groups excluding carboxylic acids is 1. The van der Waals surface area contributed by atoms with Gasteiger partial charge in [0.25, 0.3) is 5.91 Å². The Labute approximate surface area is 180 Å². The number of nitrogens with one attached hydrogen (secondary N) is 1. The molecule has 0 aliphatic carbocycles. The molecule has 1 N–H and O–H groups in total. The third-order valence-corrected chi connectivity index (χ3v) is 6.31.